The Morgan fingerprint density at radius 3 is 3.22 bits per heavy atom. The first-order chi connectivity index (χ1) is 11.2. The number of hydrogen-bond donors (Lipinski definition) is 1. The Morgan fingerprint density at radius 2 is 2.35 bits per heavy atom. The highest BCUT2D eigenvalue weighted by atomic mass is 32.2. The molecule has 3 heterocycles. The summed E-state index contributed by atoms with van der Waals surface area (Å²) < 4.78 is 18.1. The van der Waals surface area contributed by atoms with E-state index < -0.39 is 10.8 Å². The number of H-pyrrole nitrogens is 1. The van der Waals surface area contributed by atoms with Crippen LogP contribution in [0.2, 0.25) is 0 Å². The number of fused-ring (bicyclic) bond motifs is 2. The van der Waals surface area contributed by atoms with E-state index in [1.165, 1.54) is 0 Å². The van der Waals surface area contributed by atoms with Crippen molar-refractivity contribution in [3.63, 3.8) is 0 Å². The number of ether oxygens (including phenoxy) is 1. The standard InChI is InChI=1S/C17H15N3O2S/c1-11-4-2-6-18-15(11)10-23(21)17-19-13-8-12-5-3-7-22-16(12)9-14(13)20-17/h2-9,16H,10H2,1H3,(H,19,20). The molecule has 2 atom stereocenters. The van der Waals surface area contributed by atoms with E-state index in [9.17, 15) is 4.21 Å². The van der Waals surface area contributed by atoms with E-state index in [0.29, 0.717) is 10.9 Å². The molecule has 0 saturated heterocycles. The number of nitrogens with one attached hydrogen (secondary N) is 1. The summed E-state index contributed by atoms with van der Waals surface area (Å²) in [5.74, 6) is 0.350. The highest BCUT2D eigenvalue weighted by Crippen LogP contribution is 2.17. The highest BCUT2D eigenvalue weighted by Gasteiger charge is 2.18. The zero-order valence-corrected chi connectivity index (χ0v) is 13.3. The predicted octanol–water partition coefficient (Wildman–Crippen LogP) is 0.834. The average Bonchev–Trinajstić information content (AvgIpc) is 2.97. The summed E-state index contributed by atoms with van der Waals surface area (Å²) >= 11 is 0. The van der Waals surface area contributed by atoms with E-state index in [0.717, 1.165) is 27.5 Å². The SMILES string of the molecule is Cc1cccnc1CS(=O)c1nc2c([nH]1)=CC1=CC=COC1C=2. The molecule has 116 valence electrons. The number of allylic oxidation sites excluding steroid dienone is 2. The van der Waals surface area contributed by atoms with Crippen molar-refractivity contribution in [2.45, 2.75) is 23.9 Å². The zero-order valence-electron chi connectivity index (χ0n) is 12.5. The quantitative estimate of drug-likeness (QED) is 0.908. The van der Waals surface area contributed by atoms with Gasteiger partial charge in [-0.05, 0) is 42.4 Å². The first-order valence-corrected chi connectivity index (χ1v) is 8.63. The van der Waals surface area contributed by atoms with Crippen molar-refractivity contribution in [3.8, 4) is 0 Å². The van der Waals surface area contributed by atoms with Crippen LogP contribution >= 0.6 is 0 Å². The Bertz CT molecular complexity index is 972. The molecule has 0 saturated carbocycles. The molecule has 0 aromatic carbocycles. The van der Waals surface area contributed by atoms with E-state index in [2.05, 4.69) is 15.0 Å². The Morgan fingerprint density at radius 1 is 1.43 bits per heavy atom. The molecule has 23 heavy (non-hydrogen) atoms. The van der Waals surface area contributed by atoms with Gasteiger partial charge in [0.2, 0.25) is 0 Å². The third kappa shape index (κ3) is 2.66. The molecular formula is C17H15N3O2S. The van der Waals surface area contributed by atoms with Crippen LogP contribution in [-0.2, 0) is 21.3 Å². The van der Waals surface area contributed by atoms with E-state index in [4.69, 9.17) is 4.74 Å². The van der Waals surface area contributed by atoms with Gasteiger partial charge in [0, 0.05) is 6.20 Å². The van der Waals surface area contributed by atoms with Gasteiger partial charge in [-0.15, -0.1) is 0 Å². The van der Waals surface area contributed by atoms with Crippen LogP contribution in [0.25, 0.3) is 12.2 Å². The van der Waals surface area contributed by atoms with Gasteiger partial charge in [-0.3, -0.25) is 9.19 Å². The Labute approximate surface area is 135 Å². The molecule has 1 aliphatic carbocycles. The molecule has 0 radical (unpaired) electrons. The summed E-state index contributed by atoms with van der Waals surface area (Å²) in [5, 5.41) is 2.12. The first kappa shape index (κ1) is 14.1. The largest absolute Gasteiger partial charge is 0.489 e. The fourth-order valence-electron chi connectivity index (χ4n) is 2.61. The number of hydrogen-bond acceptors (Lipinski definition) is 4. The molecule has 0 amide bonds. The van der Waals surface area contributed by atoms with Crippen LogP contribution in [0.15, 0.2) is 47.5 Å². The summed E-state index contributed by atoms with van der Waals surface area (Å²) in [5.41, 5.74) is 2.92. The first-order valence-electron chi connectivity index (χ1n) is 7.31. The zero-order chi connectivity index (χ0) is 15.8. The van der Waals surface area contributed by atoms with Crippen molar-refractivity contribution in [3.05, 3.63) is 64.3 Å². The molecule has 5 nitrogen and oxygen atoms in total. The van der Waals surface area contributed by atoms with Crippen molar-refractivity contribution in [2.75, 3.05) is 0 Å². The minimum Gasteiger partial charge on any atom is -0.489 e. The number of aromatic amines is 1. The normalized spacial score (nSPS) is 19.5. The number of pyridine rings is 1. The van der Waals surface area contributed by atoms with Gasteiger partial charge in [0.05, 0.1) is 39.2 Å². The van der Waals surface area contributed by atoms with E-state index in [1.54, 1.807) is 12.5 Å². The monoisotopic (exact) mass is 325 g/mol. The molecule has 0 fully saturated rings. The Kier molecular flexibility index (Phi) is 3.46. The van der Waals surface area contributed by atoms with Crippen LogP contribution in [0.1, 0.15) is 11.3 Å². The smallest absolute Gasteiger partial charge is 0.197 e. The van der Waals surface area contributed by atoms with Crippen LogP contribution in [0.3, 0.4) is 0 Å². The molecule has 0 bridgehead atoms. The molecule has 2 aromatic heterocycles. The second-order valence-corrected chi connectivity index (χ2v) is 6.83. The molecule has 1 aliphatic heterocycles. The average molecular weight is 325 g/mol. The van der Waals surface area contributed by atoms with Gasteiger partial charge in [0.15, 0.2) is 5.16 Å². The minimum absolute atomic E-state index is 0.116. The van der Waals surface area contributed by atoms with Crippen molar-refractivity contribution in [1.29, 1.82) is 0 Å². The van der Waals surface area contributed by atoms with Crippen LogP contribution < -0.4 is 10.7 Å². The molecule has 1 N–H and O–H groups in total. The van der Waals surface area contributed by atoms with E-state index >= 15 is 0 Å². The summed E-state index contributed by atoms with van der Waals surface area (Å²) in [7, 11) is -1.27. The molecule has 2 aliphatic rings. The number of aryl methyl sites for hydroxylation is 1. The third-order valence-electron chi connectivity index (χ3n) is 3.88. The molecule has 4 rings (SSSR count). The molecule has 6 heteroatoms. The van der Waals surface area contributed by atoms with E-state index in [1.807, 2.05) is 43.4 Å². The fourth-order valence-corrected chi connectivity index (χ4v) is 3.72. The molecule has 2 unspecified atom stereocenters. The maximum absolute atomic E-state index is 12.6. The van der Waals surface area contributed by atoms with Gasteiger partial charge in [0.25, 0.3) is 0 Å². The molecule has 2 aromatic rings. The maximum Gasteiger partial charge on any atom is 0.197 e. The van der Waals surface area contributed by atoms with Crippen molar-refractivity contribution >= 4 is 23.0 Å². The van der Waals surface area contributed by atoms with Crippen LogP contribution in [0.5, 0.6) is 0 Å². The Balaban J connectivity index is 1.67. The van der Waals surface area contributed by atoms with Gasteiger partial charge in [-0.25, -0.2) is 4.98 Å². The fraction of sp³-hybridized carbons (Fsp3) is 0.176. The van der Waals surface area contributed by atoms with Crippen molar-refractivity contribution < 1.29 is 8.95 Å². The number of imidazole rings is 1. The van der Waals surface area contributed by atoms with Gasteiger partial charge in [0.1, 0.15) is 6.10 Å². The second kappa shape index (κ2) is 5.62. The van der Waals surface area contributed by atoms with Gasteiger partial charge >= 0.3 is 0 Å². The van der Waals surface area contributed by atoms with Gasteiger partial charge in [-0.2, -0.15) is 0 Å². The molecule has 0 spiro atoms. The number of rotatable bonds is 3. The summed E-state index contributed by atoms with van der Waals surface area (Å²) in [4.78, 5) is 11.9. The lowest BCUT2D eigenvalue weighted by Gasteiger charge is -2.18. The lowest BCUT2D eigenvalue weighted by atomic mass is 10.0. The van der Waals surface area contributed by atoms with Crippen molar-refractivity contribution in [2.24, 2.45) is 0 Å². The van der Waals surface area contributed by atoms with Crippen molar-refractivity contribution in [1.82, 2.24) is 15.0 Å². The molecular weight excluding hydrogens is 310 g/mol. The van der Waals surface area contributed by atoms with Gasteiger partial charge < -0.3 is 9.72 Å². The lowest BCUT2D eigenvalue weighted by Crippen LogP contribution is -2.33. The summed E-state index contributed by atoms with van der Waals surface area (Å²) in [6, 6.07) is 3.84. The summed E-state index contributed by atoms with van der Waals surface area (Å²) in [6.45, 7) is 1.97. The summed E-state index contributed by atoms with van der Waals surface area (Å²) in [6.07, 6.45) is 11.1. The highest BCUT2D eigenvalue weighted by molar-refractivity contribution is 7.84. The van der Waals surface area contributed by atoms with Gasteiger partial charge in [-0.1, -0.05) is 12.1 Å². The predicted molar refractivity (Wildman–Crippen MR) is 88.0 cm³/mol. The van der Waals surface area contributed by atoms with Crippen LogP contribution in [0.4, 0.5) is 0 Å². The minimum atomic E-state index is -1.27. The third-order valence-corrected chi connectivity index (χ3v) is 5.04. The lowest BCUT2D eigenvalue weighted by molar-refractivity contribution is 0.229. The van der Waals surface area contributed by atoms with E-state index in [-0.39, 0.29) is 6.10 Å². The Hall–Kier alpha value is -2.47. The number of aromatic nitrogens is 3. The topological polar surface area (TPSA) is 67.9 Å². The van der Waals surface area contributed by atoms with Crippen LogP contribution in [-0.4, -0.2) is 25.3 Å². The number of nitrogens with zero attached hydrogens (tertiary/aromatic N) is 2. The second-order valence-electron chi connectivity index (χ2n) is 5.46. The van der Waals surface area contributed by atoms with Crippen LogP contribution in [0, 0.1) is 6.92 Å². The maximum atomic E-state index is 12.6.